The molecule has 0 unspecified atom stereocenters. The summed E-state index contributed by atoms with van der Waals surface area (Å²) in [7, 11) is 0. The third-order valence-electron chi connectivity index (χ3n) is 4.41. The van der Waals surface area contributed by atoms with Crippen LogP contribution in [0.1, 0.15) is 6.92 Å². The number of piperazine rings is 1. The van der Waals surface area contributed by atoms with Gasteiger partial charge in [-0.15, -0.1) is 0 Å². The number of para-hydroxylation sites is 1. The molecule has 2 aromatic carbocycles. The topological polar surface area (TPSA) is 35.6 Å². The summed E-state index contributed by atoms with van der Waals surface area (Å²) in [6.45, 7) is 7.74. The molecular weight excluding hydrogens is 330 g/mol. The second-order valence-corrected chi connectivity index (χ2v) is 7.29. The van der Waals surface area contributed by atoms with E-state index in [1.54, 1.807) is 11.8 Å². The first-order valence-electron chi connectivity index (χ1n) is 8.81. The fourth-order valence-electron chi connectivity index (χ4n) is 2.93. The molecule has 0 spiro atoms. The van der Waals surface area contributed by atoms with Crippen molar-refractivity contribution in [2.45, 2.75) is 16.7 Å². The van der Waals surface area contributed by atoms with Crippen LogP contribution >= 0.6 is 11.8 Å². The van der Waals surface area contributed by atoms with Crippen molar-refractivity contribution in [1.82, 2.24) is 9.80 Å². The van der Waals surface area contributed by atoms with Crippen LogP contribution < -0.4 is 5.32 Å². The summed E-state index contributed by atoms with van der Waals surface area (Å²) in [6.07, 6.45) is 0. The van der Waals surface area contributed by atoms with Crippen molar-refractivity contribution in [3.63, 3.8) is 0 Å². The monoisotopic (exact) mass is 355 g/mol. The first kappa shape index (κ1) is 18.0. The van der Waals surface area contributed by atoms with Gasteiger partial charge < -0.3 is 10.2 Å². The van der Waals surface area contributed by atoms with Crippen molar-refractivity contribution in [1.29, 1.82) is 0 Å². The van der Waals surface area contributed by atoms with Gasteiger partial charge in [0.1, 0.15) is 0 Å². The van der Waals surface area contributed by atoms with E-state index < -0.39 is 0 Å². The molecule has 1 fully saturated rings. The molecule has 1 saturated heterocycles. The Hall–Kier alpha value is -1.82. The number of carbonyl (C=O) groups excluding carboxylic acids is 1. The molecule has 4 nitrogen and oxygen atoms in total. The lowest BCUT2D eigenvalue weighted by Crippen LogP contribution is -2.48. The quantitative estimate of drug-likeness (QED) is 0.861. The maximum absolute atomic E-state index is 12.5. The number of rotatable bonds is 6. The standard InChI is InChI=1S/C20H25N3OS/c1-2-22-12-14-23(15-13-22)16-20(24)21-18-10-6-7-11-19(18)25-17-8-4-3-5-9-17/h3-11H,2,12-16H2,1H3,(H,21,24). The van der Waals surface area contributed by atoms with Gasteiger partial charge in [-0.25, -0.2) is 0 Å². The summed E-state index contributed by atoms with van der Waals surface area (Å²) in [5, 5.41) is 3.09. The molecule has 132 valence electrons. The normalized spacial score (nSPS) is 15.9. The summed E-state index contributed by atoms with van der Waals surface area (Å²) in [6, 6.07) is 18.2. The number of nitrogens with one attached hydrogen (secondary N) is 1. The molecular formula is C20H25N3OS. The van der Waals surface area contributed by atoms with Crippen LogP contribution in [-0.4, -0.2) is 55.0 Å². The first-order valence-corrected chi connectivity index (χ1v) is 9.62. The van der Waals surface area contributed by atoms with Crippen molar-refractivity contribution in [2.75, 3.05) is 44.6 Å². The first-order chi connectivity index (χ1) is 12.2. The Morgan fingerprint density at radius 2 is 1.60 bits per heavy atom. The lowest BCUT2D eigenvalue weighted by molar-refractivity contribution is -0.117. The zero-order chi connectivity index (χ0) is 17.5. The highest BCUT2D eigenvalue weighted by Crippen LogP contribution is 2.33. The smallest absolute Gasteiger partial charge is 0.238 e. The molecule has 0 aromatic heterocycles. The lowest BCUT2D eigenvalue weighted by atomic mass is 10.3. The van der Waals surface area contributed by atoms with Gasteiger partial charge >= 0.3 is 0 Å². The van der Waals surface area contributed by atoms with Crippen molar-refractivity contribution in [3.8, 4) is 0 Å². The van der Waals surface area contributed by atoms with E-state index in [1.807, 2.05) is 42.5 Å². The third-order valence-corrected chi connectivity index (χ3v) is 5.50. The van der Waals surface area contributed by atoms with E-state index in [9.17, 15) is 4.79 Å². The lowest BCUT2D eigenvalue weighted by Gasteiger charge is -2.33. The summed E-state index contributed by atoms with van der Waals surface area (Å²) >= 11 is 1.67. The molecule has 0 bridgehead atoms. The van der Waals surface area contributed by atoms with Gasteiger partial charge in [0.2, 0.25) is 5.91 Å². The molecule has 1 aliphatic heterocycles. The Kier molecular flexibility index (Phi) is 6.50. The van der Waals surface area contributed by atoms with Gasteiger partial charge in [-0.3, -0.25) is 9.69 Å². The molecule has 0 radical (unpaired) electrons. The maximum Gasteiger partial charge on any atom is 0.238 e. The molecule has 1 N–H and O–H groups in total. The van der Waals surface area contributed by atoms with Crippen molar-refractivity contribution in [2.24, 2.45) is 0 Å². The molecule has 0 saturated carbocycles. The Morgan fingerprint density at radius 3 is 2.32 bits per heavy atom. The largest absolute Gasteiger partial charge is 0.324 e. The Labute approximate surface area is 154 Å². The predicted molar refractivity (Wildman–Crippen MR) is 104 cm³/mol. The van der Waals surface area contributed by atoms with Crippen LogP contribution in [0.3, 0.4) is 0 Å². The summed E-state index contributed by atoms with van der Waals surface area (Å²) < 4.78 is 0. The van der Waals surface area contributed by atoms with Crippen molar-refractivity contribution < 1.29 is 4.79 Å². The molecule has 1 aliphatic rings. The van der Waals surface area contributed by atoms with Gasteiger partial charge in [0.05, 0.1) is 12.2 Å². The Bertz CT molecular complexity index is 684. The zero-order valence-corrected chi connectivity index (χ0v) is 15.5. The number of nitrogens with zero attached hydrogens (tertiary/aromatic N) is 2. The van der Waals surface area contributed by atoms with Crippen LogP contribution in [0.4, 0.5) is 5.69 Å². The predicted octanol–water partition coefficient (Wildman–Crippen LogP) is 3.41. The number of anilines is 1. The molecule has 25 heavy (non-hydrogen) atoms. The Morgan fingerprint density at radius 1 is 0.960 bits per heavy atom. The molecule has 0 aliphatic carbocycles. The van der Waals surface area contributed by atoms with Gasteiger partial charge in [-0.2, -0.15) is 0 Å². The van der Waals surface area contributed by atoms with Crippen molar-refractivity contribution >= 4 is 23.4 Å². The van der Waals surface area contributed by atoms with E-state index in [-0.39, 0.29) is 5.91 Å². The van der Waals surface area contributed by atoms with E-state index in [1.165, 1.54) is 4.90 Å². The number of benzene rings is 2. The van der Waals surface area contributed by atoms with Gasteiger partial charge in [0.25, 0.3) is 0 Å². The summed E-state index contributed by atoms with van der Waals surface area (Å²) in [5.41, 5.74) is 0.883. The van der Waals surface area contributed by atoms with Crippen LogP contribution in [0.2, 0.25) is 0 Å². The van der Waals surface area contributed by atoms with E-state index in [0.29, 0.717) is 6.54 Å². The Balaban J connectivity index is 1.58. The number of hydrogen-bond donors (Lipinski definition) is 1. The van der Waals surface area contributed by atoms with E-state index in [0.717, 1.165) is 43.3 Å². The number of likely N-dealkylation sites (N-methyl/N-ethyl adjacent to an activating group) is 1. The maximum atomic E-state index is 12.5. The molecule has 1 heterocycles. The molecule has 3 rings (SSSR count). The molecule has 0 atom stereocenters. The summed E-state index contributed by atoms with van der Waals surface area (Å²) in [4.78, 5) is 19.3. The number of carbonyl (C=O) groups is 1. The van der Waals surface area contributed by atoms with Crippen LogP contribution in [-0.2, 0) is 4.79 Å². The third kappa shape index (κ3) is 5.33. The number of amides is 1. The van der Waals surface area contributed by atoms with Crippen molar-refractivity contribution in [3.05, 3.63) is 54.6 Å². The van der Waals surface area contributed by atoms with Gasteiger partial charge in [-0.05, 0) is 30.8 Å². The van der Waals surface area contributed by atoms with E-state index in [4.69, 9.17) is 0 Å². The fourth-order valence-corrected chi connectivity index (χ4v) is 3.85. The average Bonchev–Trinajstić information content (AvgIpc) is 2.65. The minimum Gasteiger partial charge on any atom is -0.324 e. The van der Waals surface area contributed by atoms with Gasteiger partial charge in [0.15, 0.2) is 0 Å². The van der Waals surface area contributed by atoms with E-state index >= 15 is 0 Å². The second kappa shape index (κ2) is 9.04. The minimum absolute atomic E-state index is 0.0612. The van der Waals surface area contributed by atoms with Gasteiger partial charge in [0, 0.05) is 36.0 Å². The van der Waals surface area contributed by atoms with Gasteiger partial charge in [-0.1, -0.05) is 49.0 Å². The highest BCUT2D eigenvalue weighted by molar-refractivity contribution is 7.99. The van der Waals surface area contributed by atoms with Crippen LogP contribution in [0.15, 0.2) is 64.4 Å². The second-order valence-electron chi connectivity index (χ2n) is 6.17. The van der Waals surface area contributed by atoms with Crippen LogP contribution in [0.25, 0.3) is 0 Å². The molecule has 1 amide bonds. The molecule has 2 aromatic rings. The van der Waals surface area contributed by atoms with Crippen LogP contribution in [0, 0.1) is 0 Å². The average molecular weight is 356 g/mol. The number of hydrogen-bond acceptors (Lipinski definition) is 4. The summed E-state index contributed by atoms with van der Waals surface area (Å²) in [5.74, 6) is 0.0612. The minimum atomic E-state index is 0.0612. The van der Waals surface area contributed by atoms with E-state index in [2.05, 4.69) is 34.2 Å². The zero-order valence-electron chi connectivity index (χ0n) is 14.6. The fraction of sp³-hybridized carbons (Fsp3) is 0.350. The highest BCUT2D eigenvalue weighted by atomic mass is 32.2. The SMILES string of the molecule is CCN1CCN(CC(=O)Nc2ccccc2Sc2ccccc2)CC1. The van der Waals surface area contributed by atoms with Crippen LogP contribution in [0.5, 0.6) is 0 Å². The molecule has 5 heteroatoms. The highest BCUT2D eigenvalue weighted by Gasteiger charge is 2.18.